The van der Waals surface area contributed by atoms with Crippen molar-refractivity contribution in [3.8, 4) is 45.0 Å². The fourth-order valence-corrected chi connectivity index (χ4v) is 10.0. The van der Waals surface area contributed by atoms with Crippen molar-refractivity contribution < 1.29 is 0 Å². The lowest BCUT2D eigenvalue weighted by Gasteiger charge is -2.45. The van der Waals surface area contributed by atoms with Crippen LogP contribution < -0.4 is 9.80 Å². The zero-order valence-corrected chi connectivity index (χ0v) is 35.2. The molecule has 2 aliphatic heterocycles. The summed E-state index contributed by atoms with van der Waals surface area (Å²) in [4.78, 5) is 26.0. The van der Waals surface area contributed by atoms with Crippen molar-refractivity contribution in [3.63, 3.8) is 0 Å². The molecule has 6 heterocycles. The van der Waals surface area contributed by atoms with Gasteiger partial charge < -0.3 is 9.80 Å². The number of para-hydroxylation sites is 4. The first kappa shape index (κ1) is 37.3. The number of nitrogens with zero attached hydrogens (tertiary/aromatic N) is 6. The van der Waals surface area contributed by atoms with E-state index in [-0.39, 0.29) is 10.8 Å². The predicted molar refractivity (Wildman–Crippen MR) is 253 cm³/mol. The van der Waals surface area contributed by atoms with E-state index in [4.69, 9.17) is 19.9 Å². The maximum absolute atomic E-state index is 5.26. The highest BCUT2D eigenvalue weighted by Gasteiger charge is 2.44. The molecule has 6 heteroatoms. The van der Waals surface area contributed by atoms with E-state index in [2.05, 4.69) is 183 Å². The Bertz CT molecular complexity index is 2710. The fourth-order valence-electron chi connectivity index (χ4n) is 10.0. The molecule has 0 aliphatic carbocycles. The first-order valence-electron chi connectivity index (χ1n) is 21.2. The zero-order chi connectivity index (χ0) is 42.0. The molecule has 0 radical (unpaired) electrons. The Hall–Kier alpha value is -7.70. The van der Waals surface area contributed by atoms with E-state index in [1.165, 1.54) is 22.3 Å². The van der Waals surface area contributed by atoms with Gasteiger partial charge in [0.15, 0.2) is 0 Å². The topological polar surface area (TPSA) is 58.0 Å². The standard InChI is InChI=1S/C56H44N6/c1-55(2)37-21-5-9-29-45(37)61(46-30-10-6-22-38(46)55)53-49(41-25-13-17-33-57-41)51(43-27-15-19-35-59-43)54(52(44-28-16-20-36-60-44)50(53)42-26-14-18-34-58-42)62-47-31-11-7-23-39(47)56(3,4)40-24-8-12-32-48(40)62/h5-36H,1-4H3. The average molecular weight is 801 g/mol. The third-order valence-corrected chi connectivity index (χ3v) is 12.9. The molecular formula is C56H44N6. The number of pyridine rings is 4. The van der Waals surface area contributed by atoms with Gasteiger partial charge in [0.1, 0.15) is 0 Å². The van der Waals surface area contributed by atoms with Crippen molar-refractivity contribution in [1.29, 1.82) is 0 Å². The van der Waals surface area contributed by atoms with Crippen LogP contribution in [0.5, 0.6) is 0 Å². The summed E-state index contributed by atoms with van der Waals surface area (Å²) in [5.74, 6) is 0. The second-order valence-electron chi connectivity index (χ2n) is 17.0. The van der Waals surface area contributed by atoms with E-state index in [1.807, 2.05) is 49.1 Å². The first-order chi connectivity index (χ1) is 30.4. The monoisotopic (exact) mass is 800 g/mol. The highest BCUT2D eigenvalue weighted by Crippen LogP contribution is 2.64. The van der Waals surface area contributed by atoms with Gasteiger partial charge >= 0.3 is 0 Å². The molecule has 6 nitrogen and oxygen atoms in total. The summed E-state index contributed by atoms with van der Waals surface area (Å²) < 4.78 is 0. The summed E-state index contributed by atoms with van der Waals surface area (Å²) in [6.45, 7) is 9.32. The summed E-state index contributed by atoms with van der Waals surface area (Å²) in [5, 5.41) is 0. The molecule has 4 aromatic heterocycles. The van der Waals surface area contributed by atoms with Gasteiger partial charge in [-0.25, -0.2) is 0 Å². The molecule has 2 aliphatic rings. The Morgan fingerprint density at radius 2 is 0.516 bits per heavy atom. The highest BCUT2D eigenvalue weighted by molar-refractivity contribution is 6.16. The van der Waals surface area contributed by atoms with Crippen LogP contribution in [0.4, 0.5) is 34.1 Å². The van der Waals surface area contributed by atoms with Gasteiger partial charge in [-0.3, -0.25) is 19.9 Å². The molecule has 0 bridgehead atoms. The van der Waals surface area contributed by atoms with Crippen LogP contribution in [0.1, 0.15) is 49.9 Å². The summed E-state index contributed by atoms with van der Waals surface area (Å²) in [7, 11) is 0. The molecule has 0 N–H and O–H groups in total. The van der Waals surface area contributed by atoms with E-state index in [1.54, 1.807) is 0 Å². The Kier molecular flexibility index (Phi) is 8.72. The highest BCUT2D eigenvalue weighted by atomic mass is 15.2. The molecule has 0 atom stereocenters. The maximum Gasteiger partial charge on any atom is 0.0730 e. The predicted octanol–water partition coefficient (Wildman–Crippen LogP) is 14.2. The van der Waals surface area contributed by atoms with Crippen LogP contribution >= 0.6 is 0 Å². The molecule has 0 spiro atoms. The van der Waals surface area contributed by atoms with E-state index in [0.717, 1.165) is 79.2 Å². The van der Waals surface area contributed by atoms with E-state index in [0.29, 0.717) is 0 Å². The Balaban J connectivity index is 1.45. The second-order valence-corrected chi connectivity index (χ2v) is 17.0. The minimum absolute atomic E-state index is 0.290. The maximum atomic E-state index is 5.26. The van der Waals surface area contributed by atoms with Gasteiger partial charge in [0.05, 0.1) is 56.9 Å². The average Bonchev–Trinajstić information content (AvgIpc) is 3.33. The number of fused-ring (bicyclic) bond motifs is 4. The van der Waals surface area contributed by atoms with Crippen LogP contribution in [-0.2, 0) is 10.8 Å². The second kappa shape index (κ2) is 14.5. The van der Waals surface area contributed by atoms with Crippen LogP contribution in [0.2, 0.25) is 0 Å². The number of anilines is 6. The lowest BCUT2D eigenvalue weighted by Crippen LogP contribution is -2.32. The van der Waals surface area contributed by atoms with Crippen LogP contribution in [0.25, 0.3) is 45.0 Å². The van der Waals surface area contributed by atoms with Gasteiger partial charge in [0.25, 0.3) is 0 Å². The molecule has 0 unspecified atom stereocenters. The number of rotatable bonds is 6. The summed E-state index contributed by atoms with van der Waals surface area (Å²) in [5.41, 5.74) is 17.6. The van der Waals surface area contributed by atoms with Crippen LogP contribution in [0, 0.1) is 0 Å². The van der Waals surface area contributed by atoms with Gasteiger partial charge in [-0.1, -0.05) is 125 Å². The van der Waals surface area contributed by atoms with Gasteiger partial charge in [-0.15, -0.1) is 0 Å². The summed E-state index contributed by atoms with van der Waals surface area (Å²) in [6, 6.07) is 60.1. The number of hydrogen-bond donors (Lipinski definition) is 0. The molecular weight excluding hydrogens is 757 g/mol. The smallest absolute Gasteiger partial charge is 0.0730 e. The normalized spacial score (nSPS) is 14.3. The van der Waals surface area contributed by atoms with E-state index in [9.17, 15) is 0 Å². The third kappa shape index (κ3) is 5.63. The lowest BCUT2D eigenvalue weighted by molar-refractivity contribution is 0.631. The fraction of sp³-hybridized carbons (Fsp3) is 0.107. The molecule has 0 amide bonds. The minimum atomic E-state index is -0.290. The Morgan fingerprint density at radius 3 is 0.742 bits per heavy atom. The molecule has 5 aromatic carbocycles. The van der Waals surface area contributed by atoms with Crippen LogP contribution in [0.15, 0.2) is 195 Å². The largest absolute Gasteiger partial charge is 0.308 e. The van der Waals surface area contributed by atoms with Crippen molar-refractivity contribution in [1.82, 2.24) is 19.9 Å². The van der Waals surface area contributed by atoms with Crippen LogP contribution in [0.3, 0.4) is 0 Å². The number of aromatic nitrogens is 4. The quantitative estimate of drug-likeness (QED) is 0.167. The van der Waals surface area contributed by atoms with Crippen molar-refractivity contribution in [3.05, 3.63) is 217 Å². The molecule has 298 valence electrons. The number of benzene rings is 5. The minimum Gasteiger partial charge on any atom is -0.308 e. The SMILES string of the molecule is CC1(C)c2ccccc2N(c2c(-c3ccccn3)c(-c3ccccn3)c(N3c4ccccc4C(C)(C)c4ccccc43)c(-c3ccccn3)c2-c2ccccn2)c2ccccc21. The third-order valence-electron chi connectivity index (χ3n) is 12.9. The Labute approximate surface area is 362 Å². The molecule has 0 saturated carbocycles. The summed E-state index contributed by atoms with van der Waals surface area (Å²) >= 11 is 0. The Morgan fingerprint density at radius 1 is 0.290 bits per heavy atom. The van der Waals surface area contributed by atoms with E-state index >= 15 is 0 Å². The molecule has 0 saturated heterocycles. The molecule has 0 fully saturated rings. The number of hydrogen-bond acceptors (Lipinski definition) is 6. The van der Waals surface area contributed by atoms with Gasteiger partial charge in [0, 0.05) is 57.9 Å². The van der Waals surface area contributed by atoms with Crippen molar-refractivity contribution in [2.75, 3.05) is 9.80 Å². The van der Waals surface area contributed by atoms with Crippen molar-refractivity contribution >= 4 is 34.1 Å². The molecule has 11 rings (SSSR count). The molecule has 62 heavy (non-hydrogen) atoms. The van der Waals surface area contributed by atoms with Gasteiger partial charge in [-0.2, -0.15) is 0 Å². The van der Waals surface area contributed by atoms with E-state index < -0.39 is 0 Å². The lowest BCUT2D eigenvalue weighted by atomic mass is 9.72. The van der Waals surface area contributed by atoms with Crippen LogP contribution in [-0.4, -0.2) is 19.9 Å². The first-order valence-corrected chi connectivity index (χ1v) is 21.2. The molecule has 9 aromatic rings. The summed E-state index contributed by atoms with van der Waals surface area (Å²) in [6.07, 6.45) is 7.57. The van der Waals surface area contributed by atoms with Crippen molar-refractivity contribution in [2.45, 2.75) is 38.5 Å². The zero-order valence-electron chi connectivity index (χ0n) is 35.2. The van der Waals surface area contributed by atoms with Crippen molar-refractivity contribution in [2.24, 2.45) is 0 Å². The van der Waals surface area contributed by atoms with Gasteiger partial charge in [-0.05, 0) is 95.1 Å². The van der Waals surface area contributed by atoms with Gasteiger partial charge in [0.2, 0.25) is 0 Å².